The fourth-order valence-corrected chi connectivity index (χ4v) is 4.99. The summed E-state index contributed by atoms with van der Waals surface area (Å²) in [5, 5.41) is 0. The largest absolute Gasteiger partial charge is 0.339 e. The van der Waals surface area contributed by atoms with Gasteiger partial charge in [-0.1, -0.05) is 24.6 Å². The number of fused-ring (bicyclic) bond motifs is 1. The van der Waals surface area contributed by atoms with Gasteiger partial charge in [-0.05, 0) is 67.3 Å². The summed E-state index contributed by atoms with van der Waals surface area (Å²) in [5.74, 6) is 0.127. The van der Waals surface area contributed by atoms with E-state index in [-0.39, 0.29) is 5.91 Å². The van der Waals surface area contributed by atoms with E-state index in [1.54, 1.807) is 6.20 Å². The van der Waals surface area contributed by atoms with Crippen molar-refractivity contribution in [2.45, 2.75) is 57.4 Å². The standard InChI is InChI=1S/C25H31N3O/c29-25(28-12-1-2-13-28)22-8-9-23(26-18-22)17-19-6-7-20-10-14-27(24-4-3-5-24)15-11-21(20)16-19/h6-9,16,18,24H,1-5,10-15,17H2. The first-order valence-corrected chi connectivity index (χ1v) is 11.4. The van der Waals surface area contributed by atoms with Crippen LogP contribution in [0.2, 0.25) is 0 Å². The Morgan fingerprint density at radius 3 is 2.41 bits per heavy atom. The van der Waals surface area contributed by atoms with E-state index in [1.165, 1.54) is 55.5 Å². The molecule has 4 heteroatoms. The zero-order valence-corrected chi connectivity index (χ0v) is 17.3. The molecule has 0 spiro atoms. The number of carbonyl (C=O) groups is 1. The van der Waals surface area contributed by atoms with Gasteiger partial charge in [0.25, 0.3) is 5.91 Å². The molecule has 1 aromatic heterocycles. The van der Waals surface area contributed by atoms with Crippen LogP contribution >= 0.6 is 0 Å². The van der Waals surface area contributed by atoms with Crippen molar-refractivity contribution < 1.29 is 4.79 Å². The van der Waals surface area contributed by atoms with Gasteiger partial charge < -0.3 is 4.90 Å². The quantitative estimate of drug-likeness (QED) is 0.797. The van der Waals surface area contributed by atoms with Gasteiger partial charge in [-0.2, -0.15) is 0 Å². The fraction of sp³-hybridized carbons (Fsp3) is 0.520. The van der Waals surface area contributed by atoms with Crippen LogP contribution in [0.1, 0.15) is 64.8 Å². The predicted octanol–water partition coefficient (Wildman–Crippen LogP) is 3.86. The second-order valence-electron chi connectivity index (χ2n) is 8.94. The monoisotopic (exact) mass is 389 g/mol. The highest BCUT2D eigenvalue weighted by Crippen LogP contribution is 2.28. The van der Waals surface area contributed by atoms with E-state index in [0.717, 1.165) is 50.5 Å². The summed E-state index contributed by atoms with van der Waals surface area (Å²) >= 11 is 0. The van der Waals surface area contributed by atoms with E-state index in [0.29, 0.717) is 5.56 Å². The molecule has 1 aromatic carbocycles. The third kappa shape index (κ3) is 4.09. The number of aromatic nitrogens is 1. The van der Waals surface area contributed by atoms with E-state index in [2.05, 4.69) is 28.1 Å². The number of rotatable bonds is 4. The fourth-order valence-electron chi connectivity index (χ4n) is 4.99. The molecule has 3 heterocycles. The SMILES string of the molecule is O=C(c1ccc(Cc2ccc3c(c2)CCN(C2CCC2)CC3)nc1)N1CCCC1. The Morgan fingerprint density at radius 1 is 0.931 bits per heavy atom. The number of hydrogen-bond donors (Lipinski definition) is 0. The van der Waals surface area contributed by atoms with Crippen LogP contribution in [0.15, 0.2) is 36.5 Å². The molecule has 0 unspecified atom stereocenters. The molecule has 1 amide bonds. The van der Waals surface area contributed by atoms with Crippen LogP contribution in [0.3, 0.4) is 0 Å². The second kappa shape index (κ2) is 8.27. The first-order valence-electron chi connectivity index (χ1n) is 11.4. The lowest BCUT2D eigenvalue weighted by atomic mass is 9.91. The molecule has 152 valence electrons. The molecular formula is C25H31N3O. The minimum absolute atomic E-state index is 0.127. The summed E-state index contributed by atoms with van der Waals surface area (Å²) < 4.78 is 0. The molecule has 1 saturated heterocycles. The Hall–Kier alpha value is -2.20. The maximum absolute atomic E-state index is 12.5. The highest BCUT2D eigenvalue weighted by molar-refractivity contribution is 5.94. The van der Waals surface area contributed by atoms with Crippen LogP contribution in [0.25, 0.3) is 0 Å². The van der Waals surface area contributed by atoms with Gasteiger partial charge in [-0.3, -0.25) is 14.7 Å². The number of hydrogen-bond acceptors (Lipinski definition) is 3. The Labute approximate surface area is 173 Å². The molecule has 0 N–H and O–H groups in total. The predicted molar refractivity (Wildman–Crippen MR) is 115 cm³/mol. The maximum atomic E-state index is 12.5. The molecule has 0 bridgehead atoms. The molecule has 5 rings (SSSR count). The smallest absolute Gasteiger partial charge is 0.255 e. The first kappa shape index (κ1) is 18.8. The lowest BCUT2D eigenvalue weighted by Gasteiger charge is -2.36. The molecule has 2 aromatic rings. The zero-order chi connectivity index (χ0) is 19.6. The molecule has 29 heavy (non-hydrogen) atoms. The van der Waals surface area contributed by atoms with Crippen molar-refractivity contribution in [1.82, 2.24) is 14.8 Å². The summed E-state index contributed by atoms with van der Waals surface area (Å²) in [7, 11) is 0. The molecule has 0 atom stereocenters. The molecule has 0 radical (unpaired) electrons. The van der Waals surface area contributed by atoms with E-state index in [9.17, 15) is 4.79 Å². The molecular weight excluding hydrogens is 358 g/mol. The average molecular weight is 390 g/mol. The van der Waals surface area contributed by atoms with Gasteiger partial charge >= 0.3 is 0 Å². The van der Waals surface area contributed by atoms with Crippen molar-refractivity contribution in [2.24, 2.45) is 0 Å². The Morgan fingerprint density at radius 2 is 1.72 bits per heavy atom. The summed E-state index contributed by atoms with van der Waals surface area (Å²) in [4.78, 5) is 21.7. The van der Waals surface area contributed by atoms with E-state index >= 15 is 0 Å². The summed E-state index contributed by atoms with van der Waals surface area (Å²) in [6.07, 6.45) is 11.4. The van der Waals surface area contributed by atoms with Gasteiger partial charge in [0.05, 0.1) is 5.56 Å². The third-order valence-corrected chi connectivity index (χ3v) is 7.05. The number of likely N-dealkylation sites (tertiary alicyclic amines) is 1. The normalized spacial score (nSPS) is 20.2. The topological polar surface area (TPSA) is 36.4 Å². The number of benzene rings is 1. The Balaban J connectivity index is 1.24. The number of carbonyl (C=O) groups excluding carboxylic acids is 1. The Bertz CT molecular complexity index is 866. The summed E-state index contributed by atoms with van der Waals surface area (Å²) in [6.45, 7) is 4.18. The van der Waals surface area contributed by atoms with Gasteiger partial charge in [0.2, 0.25) is 0 Å². The molecule has 3 aliphatic rings. The number of nitrogens with zero attached hydrogens (tertiary/aromatic N) is 3. The highest BCUT2D eigenvalue weighted by Gasteiger charge is 2.26. The van der Waals surface area contributed by atoms with Gasteiger partial charge in [0.1, 0.15) is 0 Å². The van der Waals surface area contributed by atoms with Crippen LogP contribution in [0.5, 0.6) is 0 Å². The van der Waals surface area contributed by atoms with Crippen LogP contribution in [-0.2, 0) is 19.3 Å². The van der Waals surface area contributed by atoms with Crippen molar-refractivity contribution in [1.29, 1.82) is 0 Å². The summed E-state index contributed by atoms with van der Waals surface area (Å²) in [6, 6.07) is 11.8. The van der Waals surface area contributed by atoms with Gasteiger partial charge in [0, 0.05) is 50.5 Å². The van der Waals surface area contributed by atoms with E-state index < -0.39 is 0 Å². The number of amides is 1. The minimum Gasteiger partial charge on any atom is -0.339 e. The van der Waals surface area contributed by atoms with Gasteiger partial charge in [0.15, 0.2) is 0 Å². The highest BCUT2D eigenvalue weighted by atomic mass is 16.2. The summed E-state index contributed by atoms with van der Waals surface area (Å²) in [5.41, 5.74) is 6.12. The number of pyridine rings is 1. The van der Waals surface area contributed by atoms with Crippen LogP contribution in [0.4, 0.5) is 0 Å². The Kier molecular flexibility index (Phi) is 5.36. The van der Waals surface area contributed by atoms with Crippen molar-refractivity contribution >= 4 is 5.91 Å². The molecule has 2 aliphatic heterocycles. The van der Waals surface area contributed by atoms with Crippen LogP contribution in [-0.4, -0.2) is 52.9 Å². The second-order valence-corrected chi connectivity index (χ2v) is 8.94. The van der Waals surface area contributed by atoms with Crippen molar-refractivity contribution in [3.05, 3.63) is 64.5 Å². The van der Waals surface area contributed by atoms with Gasteiger partial charge in [-0.25, -0.2) is 0 Å². The van der Waals surface area contributed by atoms with Gasteiger partial charge in [-0.15, -0.1) is 0 Å². The molecule has 1 aliphatic carbocycles. The van der Waals surface area contributed by atoms with Crippen molar-refractivity contribution in [3.63, 3.8) is 0 Å². The van der Waals surface area contributed by atoms with E-state index in [1.807, 2.05) is 17.0 Å². The first-order chi connectivity index (χ1) is 14.3. The van der Waals surface area contributed by atoms with Crippen LogP contribution in [0, 0.1) is 0 Å². The molecule has 4 nitrogen and oxygen atoms in total. The molecule has 1 saturated carbocycles. The van der Waals surface area contributed by atoms with Crippen molar-refractivity contribution in [2.75, 3.05) is 26.2 Å². The lowest BCUT2D eigenvalue weighted by molar-refractivity contribution is 0.0792. The van der Waals surface area contributed by atoms with Crippen molar-refractivity contribution in [3.8, 4) is 0 Å². The average Bonchev–Trinajstić information content (AvgIpc) is 3.17. The van der Waals surface area contributed by atoms with Crippen LogP contribution < -0.4 is 0 Å². The van der Waals surface area contributed by atoms with E-state index in [4.69, 9.17) is 0 Å². The zero-order valence-electron chi connectivity index (χ0n) is 17.3. The molecule has 2 fully saturated rings. The minimum atomic E-state index is 0.127. The third-order valence-electron chi connectivity index (χ3n) is 7.05. The maximum Gasteiger partial charge on any atom is 0.255 e. The lowest BCUT2D eigenvalue weighted by Crippen LogP contribution is -2.41.